The van der Waals surface area contributed by atoms with E-state index in [1.807, 2.05) is 19.0 Å². The Labute approximate surface area is 125 Å². The highest BCUT2D eigenvalue weighted by Crippen LogP contribution is 2.18. The highest BCUT2D eigenvalue weighted by Gasteiger charge is 2.22. The van der Waals surface area contributed by atoms with Gasteiger partial charge in [-0.1, -0.05) is 12.1 Å². The van der Waals surface area contributed by atoms with Crippen LogP contribution in [0.5, 0.6) is 0 Å². The topological polar surface area (TPSA) is 44.4 Å². The molecule has 0 aromatic heterocycles. The van der Waals surface area contributed by atoms with Gasteiger partial charge in [0, 0.05) is 12.5 Å². The van der Waals surface area contributed by atoms with Crippen LogP contribution in [0.1, 0.15) is 24.4 Å². The first kappa shape index (κ1) is 15.9. The smallest absolute Gasteiger partial charge is 0.223 e. The summed E-state index contributed by atoms with van der Waals surface area (Å²) in [5.41, 5.74) is 1.01. The summed E-state index contributed by atoms with van der Waals surface area (Å²) in [5, 5.41) is 6.30. The largest absolute Gasteiger partial charge is 0.354 e. The summed E-state index contributed by atoms with van der Waals surface area (Å²) in [6, 6.07) is 6.52. The highest BCUT2D eigenvalue weighted by atomic mass is 19.1. The summed E-state index contributed by atoms with van der Waals surface area (Å²) in [4.78, 5) is 14.2. The van der Waals surface area contributed by atoms with Crippen LogP contribution in [0.2, 0.25) is 0 Å². The summed E-state index contributed by atoms with van der Waals surface area (Å²) < 4.78 is 13.0. The number of rotatable bonds is 5. The van der Waals surface area contributed by atoms with Gasteiger partial charge in [0.15, 0.2) is 0 Å². The summed E-state index contributed by atoms with van der Waals surface area (Å²) in [6.45, 7) is 2.36. The van der Waals surface area contributed by atoms with Crippen molar-refractivity contribution in [3.63, 3.8) is 0 Å². The molecule has 2 N–H and O–H groups in total. The normalized spacial score (nSPS) is 17.7. The minimum atomic E-state index is -0.241. The molecule has 0 bridgehead atoms. The van der Waals surface area contributed by atoms with E-state index in [9.17, 15) is 9.18 Å². The molecule has 1 saturated heterocycles. The van der Waals surface area contributed by atoms with Gasteiger partial charge < -0.3 is 15.5 Å². The molecule has 2 rings (SSSR count). The quantitative estimate of drug-likeness (QED) is 0.865. The number of nitrogens with one attached hydrogen (secondary N) is 2. The fourth-order valence-electron chi connectivity index (χ4n) is 2.71. The number of piperidine rings is 1. The van der Waals surface area contributed by atoms with Gasteiger partial charge in [0.05, 0.1) is 6.04 Å². The van der Waals surface area contributed by atoms with E-state index in [0.717, 1.165) is 31.5 Å². The van der Waals surface area contributed by atoms with Crippen molar-refractivity contribution in [3.05, 3.63) is 35.6 Å². The number of amides is 1. The third kappa shape index (κ3) is 4.51. The van der Waals surface area contributed by atoms with Crippen molar-refractivity contribution in [3.8, 4) is 0 Å². The Bertz CT molecular complexity index is 455. The predicted octanol–water partition coefficient (Wildman–Crippen LogP) is 1.54. The van der Waals surface area contributed by atoms with Gasteiger partial charge in [0.2, 0.25) is 5.91 Å². The maximum atomic E-state index is 13.0. The van der Waals surface area contributed by atoms with E-state index in [1.54, 1.807) is 12.1 Å². The zero-order valence-electron chi connectivity index (χ0n) is 12.7. The van der Waals surface area contributed by atoms with E-state index >= 15 is 0 Å². The molecule has 1 fully saturated rings. The molecule has 0 aliphatic carbocycles. The molecule has 0 saturated carbocycles. The Morgan fingerprint density at radius 2 is 1.95 bits per heavy atom. The fourth-order valence-corrected chi connectivity index (χ4v) is 2.71. The van der Waals surface area contributed by atoms with Gasteiger partial charge in [-0.3, -0.25) is 4.79 Å². The summed E-state index contributed by atoms with van der Waals surface area (Å²) in [6.07, 6.45) is 1.80. The monoisotopic (exact) mass is 293 g/mol. The molecule has 1 unspecified atom stereocenters. The van der Waals surface area contributed by atoms with Crippen LogP contribution < -0.4 is 10.6 Å². The standard InChI is InChI=1S/C16H24FN3O/c1-20(2)15(12-3-5-14(17)6-4-12)11-19-16(21)13-7-9-18-10-8-13/h3-6,13,15,18H,7-11H2,1-2H3,(H,19,21). The molecule has 0 radical (unpaired) electrons. The zero-order chi connectivity index (χ0) is 15.2. The van der Waals surface area contributed by atoms with Crippen molar-refractivity contribution >= 4 is 5.91 Å². The van der Waals surface area contributed by atoms with E-state index in [-0.39, 0.29) is 23.7 Å². The van der Waals surface area contributed by atoms with Crippen molar-refractivity contribution in [2.75, 3.05) is 33.7 Å². The molecule has 1 aliphatic rings. The molecule has 1 amide bonds. The number of halogens is 1. The number of nitrogens with zero attached hydrogens (tertiary/aromatic N) is 1. The predicted molar refractivity (Wildman–Crippen MR) is 81.4 cm³/mol. The molecule has 1 heterocycles. The van der Waals surface area contributed by atoms with Crippen LogP contribution in [0.4, 0.5) is 4.39 Å². The number of hydrogen-bond acceptors (Lipinski definition) is 3. The third-order valence-corrected chi connectivity index (χ3v) is 4.06. The van der Waals surface area contributed by atoms with E-state index < -0.39 is 0 Å². The molecular formula is C16H24FN3O. The maximum absolute atomic E-state index is 13.0. The van der Waals surface area contributed by atoms with Gasteiger partial charge >= 0.3 is 0 Å². The highest BCUT2D eigenvalue weighted by molar-refractivity contribution is 5.78. The van der Waals surface area contributed by atoms with Crippen LogP contribution in [-0.4, -0.2) is 44.5 Å². The maximum Gasteiger partial charge on any atom is 0.223 e. The first-order valence-electron chi connectivity index (χ1n) is 7.48. The molecule has 1 aromatic carbocycles. The molecule has 1 atom stereocenters. The average molecular weight is 293 g/mol. The zero-order valence-corrected chi connectivity index (χ0v) is 12.7. The van der Waals surface area contributed by atoms with Crippen molar-refractivity contribution in [1.29, 1.82) is 0 Å². The lowest BCUT2D eigenvalue weighted by atomic mass is 9.97. The number of likely N-dealkylation sites (N-methyl/N-ethyl adjacent to an activating group) is 1. The number of hydrogen-bond donors (Lipinski definition) is 2. The lowest BCUT2D eigenvalue weighted by Crippen LogP contribution is -2.41. The molecule has 1 aromatic rings. The SMILES string of the molecule is CN(C)C(CNC(=O)C1CCNCC1)c1ccc(F)cc1. The van der Waals surface area contributed by atoms with Gasteiger partial charge in [-0.25, -0.2) is 4.39 Å². The van der Waals surface area contributed by atoms with Crippen LogP contribution in [0.15, 0.2) is 24.3 Å². The van der Waals surface area contributed by atoms with Crippen molar-refractivity contribution in [2.24, 2.45) is 5.92 Å². The molecule has 5 heteroatoms. The number of benzene rings is 1. The molecule has 0 spiro atoms. The second-order valence-corrected chi connectivity index (χ2v) is 5.80. The van der Waals surface area contributed by atoms with Gasteiger partial charge in [-0.2, -0.15) is 0 Å². The minimum absolute atomic E-state index is 0.0521. The Kier molecular flexibility index (Phi) is 5.70. The average Bonchev–Trinajstić information content (AvgIpc) is 2.49. The van der Waals surface area contributed by atoms with E-state index in [1.165, 1.54) is 12.1 Å². The Hall–Kier alpha value is -1.46. The van der Waals surface area contributed by atoms with Gasteiger partial charge in [0.1, 0.15) is 5.82 Å². The molecule has 1 aliphatic heterocycles. The van der Waals surface area contributed by atoms with Gasteiger partial charge in [-0.15, -0.1) is 0 Å². The lowest BCUT2D eigenvalue weighted by Gasteiger charge is -2.27. The van der Waals surface area contributed by atoms with Crippen molar-refractivity contribution < 1.29 is 9.18 Å². The van der Waals surface area contributed by atoms with Crippen LogP contribution in [-0.2, 0) is 4.79 Å². The summed E-state index contributed by atoms with van der Waals surface area (Å²) in [7, 11) is 3.93. The van der Waals surface area contributed by atoms with Gasteiger partial charge in [0.25, 0.3) is 0 Å². The molecule has 21 heavy (non-hydrogen) atoms. The van der Waals surface area contributed by atoms with Crippen LogP contribution in [0.3, 0.4) is 0 Å². The Balaban J connectivity index is 1.93. The van der Waals surface area contributed by atoms with Gasteiger partial charge in [-0.05, 0) is 57.7 Å². The summed E-state index contributed by atoms with van der Waals surface area (Å²) in [5.74, 6) is 0.00254. The van der Waals surface area contributed by atoms with Crippen LogP contribution in [0.25, 0.3) is 0 Å². The first-order valence-corrected chi connectivity index (χ1v) is 7.48. The molecular weight excluding hydrogens is 269 g/mol. The fraction of sp³-hybridized carbons (Fsp3) is 0.562. The summed E-state index contributed by atoms with van der Waals surface area (Å²) >= 11 is 0. The third-order valence-electron chi connectivity index (χ3n) is 4.06. The number of carbonyl (C=O) groups is 1. The molecule has 116 valence electrons. The van der Waals surface area contributed by atoms with E-state index in [4.69, 9.17) is 0 Å². The number of carbonyl (C=O) groups excluding carboxylic acids is 1. The second-order valence-electron chi connectivity index (χ2n) is 5.80. The first-order chi connectivity index (χ1) is 10.1. The van der Waals surface area contributed by atoms with E-state index in [0.29, 0.717) is 6.54 Å². The minimum Gasteiger partial charge on any atom is -0.354 e. The Morgan fingerprint density at radius 1 is 1.33 bits per heavy atom. The van der Waals surface area contributed by atoms with Crippen LogP contribution in [0, 0.1) is 11.7 Å². The second kappa shape index (κ2) is 7.52. The van der Waals surface area contributed by atoms with Crippen molar-refractivity contribution in [1.82, 2.24) is 15.5 Å². The lowest BCUT2D eigenvalue weighted by molar-refractivity contribution is -0.125. The Morgan fingerprint density at radius 3 is 2.52 bits per heavy atom. The van der Waals surface area contributed by atoms with E-state index in [2.05, 4.69) is 10.6 Å². The van der Waals surface area contributed by atoms with Crippen LogP contribution >= 0.6 is 0 Å². The molecule has 4 nitrogen and oxygen atoms in total. The van der Waals surface area contributed by atoms with Crippen molar-refractivity contribution in [2.45, 2.75) is 18.9 Å².